The van der Waals surface area contributed by atoms with Crippen LogP contribution >= 0.6 is 0 Å². The molecule has 23 heavy (non-hydrogen) atoms. The van der Waals surface area contributed by atoms with Crippen LogP contribution in [0, 0.1) is 6.92 Å². The van der Waals surface area contributed by atoms with E-state index in [1.807, 2.05) is 38.8 Å². The molecule has 0 bridgehead atoms. The van der Waals surface area contributed by atoms with E-state index in [1.54, 1.807) is 6.33 Å². The number of aromatic nitrogens is 3. The second-order valence-corrected chi connectivity index (χ2v) is 7.19. The number of piperidine rings is 1. The van der Waals surface area contributed by atoms with E-state index >= 15 is 0 Å². The molecule has 0 radical (unpaired) electrons. The molecule has 6 heteroatoms. The number of nitrogens with one attached hydrogen (secondary N) is 1. The predicted octanol–water partition coefficient (Wildman–Crippen LogP) is 3.38. The third kappa shape index (κ3) is 3.30. The molecule has 1 saturated heterocycles. The molecule has 0 spiro atoms. The second-order valence-electron chi connectivity index (χ2n) is 7.19. The molecule has 0 aliphatic carbocycles. The Balaban J connectivity index is 1.82. The van der Waals surface area contributed by atoms with Crippen molar-refractivity contribution >= 4 is 17.1 Å². The Morgan fingerprint density at radius 2 is 2.17 bits per heavy atom. The lowest BCUT2D eigenvalue weighted by molar-refractivity contribution is 0.0198. The number of likely N-dealkylation sites (tertiary alicyclic amines) is 1. The van der Waals surface area contributed by atoms with Crippen LogP contribution in [0.3, 0.4) is 0 Å². The Hall–Kier alpha value is -2.11. The summed E-state index contributed by atoms with van der Waals surface area (Å²) in [6.07, 6.45) is 5.39. The van der Waals surface area contributed by atoms with Gasteiger partial charge >= 0.3 is 6.09 Å². The van der Waals surface area contributed by atoms with Crippen molar-refractivity contribution in [2.75, 3.05) is 13.1 Å². The van der Waals surface area contributed by atoms with Gasteiger partial charge in [0.05, 0.1) is 5.69 Å². The van der Waals surface area contributed by atoms with Crippen LogP contribution in [0.15, 0.2) is 12.5 Å². The van der Waals surface area contributed by atoms with Crippen molar-refractivity contribution in [3.8, 4) is 0 Å². The fourth-order valence-electron chi connectivity index (χ4n) is 3.19. The fraction of sp³-hybridized carbons (Fsp3) is 0.588. The molecule has 3 heterocycles. The second kappa shape index (κ2) is 5.83. The molecule has 1 aliphatic heterocycles. The van der Waals surface area contributed by atoms with Gasteiger partial charge in [-0.15, -0.1) is 0 Å². The van der Waals surface area contributed by atoms with E-state index in [2.05, 4.69) is 15.0 Å². The molecular weight excluding hydrogens is 292 g/mol. The molecule has 0 saturated carbocycles. The summed E-state index contributed by atoms with van der Waals surface area (Å²) in [5.74, 6) is 0.287. The van der Waals surface area contributed by atoms with Gasteiger partial charge < -0.3 is 14.6 Å². The molecule has 124 valence electrons. The van der Waals surface area contributed by atoms with Crippen molar-refractivity contribution in [3.05, 3.63) is 23.8 Å². The van der Waals surface area contributed by atoms with Crippen molar-refractivity contribution in [1.29, 1.82) is 0 Å². The number of fused-ring (bicyclic) bond motifs is 1. The number of amides is 1. The highest BCUT2D eigenvalue weighted by Gasteiger charge is 2.29. The minimum Gasteiger partial charge on any atom is -0.444 e. The summed E-state index contributed by atoms with van der Waals surface area (Å²) in [4.78, 5) is 26.0. The first kappa shape index (κ1) is 15.8. The Labute approximate surface area is 136 Å². The zero-order chi connectivity index (χ0) is 16.6. The van der Waals surface area contributed by atoms with Gasteiger partial charge in [0, 0.05) is 30.6 Å². The maximum absolute atomic E-state index is 12.3. The number of H-pyrrole nitrogens is 1. The SMILES string of the molecule is Cc1ncnc2[nH]cc(C3CCCN(C(=O)OC(C)(C)C)C3)c12. The highest BCUT2D eigenvalue weighted by molar-refractivity contribution is 5.82. The van der Waals surface area contributed by atoms with Crippen LogP contribution in [-0.2, 0) is 4.74 Å². The van der Waals surface area contributed by atoms with Crippen molar-refractivity contribution < 1.29 is 9.53 Å². The number of carbonyl (C=O) groups is 1. The maximum atomic E-state index is 12.3. The van der Waals surface area contributed by atoms with E-state index in [0.29, 0.717) is 6.54 Å². The van der Waals surface area contributed by atoms with Gasteiger partial charge in [0.2, 0.25) is 0 Å². The fourth-order valence-corrected chi connectivity index (χ4v) is 3.19. The van der Waals surface area contributed by atoms with Gasteiger partial charge in [0.1, 0.15) is 17.6 Å². The van der Waals surface area contributed by atoms with Gasteiger partial charge in [-0.05, 0) is 46.1 Å². The lowest BCUT2D eigenvalue weighted by Gasteiger charge is -2.34. The van der Waals surface area contributed by atoms with Crippen molar-refractivity contribution in [2.45, 2.75) is 52.1 Å². The van der Waals surface area contributed by atoms with E-state index in [9.17, 15) is 4.79 Å². The number of rotatable bonds is 1. The number of aryl methyl sites for hydroxylation is 1. The first-order valence-corrected chi connectivity index (χ1v) is 8.11. The molecular formula is C17H24N4O2. The molecule has 1 unspecified atom stereocenters. The van der Waals surface area contributed by atoms with Crippen LogP contribution in [0.4, 0.5) is 4.79 Å². The van der Waals surface area contributed by atoms with Crippen LogP contribution in [0.2, 0.25) is 0 Å². The van der Waals surface area contributed by atoms with E-state index in [0.717, 1.165) is 36.1 Å². The van der Waals surface area contributed by atoms with Gasteiger partial charge in [-0.3, -0.25) is 0 Å². The molecule has 2 aromatic heterocycles. The molecule has 2 aromatic rings. The number of aromatic amines is 1. The normalized spacial score (nSPS) is 19.1. The molecule has 3 rings (SSSR count). The zero-order valence-electron chi connectivity index (χ0n) is 14.2. The highest BCUT2D eigenvalue weighted by Crippen LogP contribution is 2.33. The Bertz CT molecular complexity index is 717. The third-order valence-corrected chi connectivity index (χ3v) is 4.20. The zero-order valence-corrected chi connectivity index (χ0v) is 14.2. The molecule has 1 amide bonds. The largest absolute Gasteiger partial charge is 0.444 e. The topological polar surface area (TPSA) is 71.1 Å². The summed E-state index contributed by atoms with van der Waals surface area (Å²) in [6, 6.07) is 0. The molecule has 0 aromatic carbocycles. The Kier molecular flexibility index (Phi) is 4.00. The van der Waals surface area contributed by atoms with Gasteiger partial charge in [0.25, 0.3) is 0 Å². The lowest BCUT2D eigenvalue weighted by atomic mass is 9.90. The van der Waals surface area contributed by atoms with Gasteiger partial charge in [0.15, 0.2) is 0 Å². The van der Waals surface area contributed by atoms with Gasteiger partial charge in [-0.25, -0.2) is 14.8 Å². The van der Waals surface area contributed by atoms with Crippen LogP contribution < -0.4 is 0 Å². The minimum atomic E-state index is -0.463. The summed E-state index contributed by atoms with van der Waals surface area (Å²) in [6.45, 7) is 9.11. The smallest absolute Gasteiger partial charge is 0.410 e. The molecule has 1 fully saturated rings. The van der Waals surface area contributed by atoms with Gasteiger partial charge in [-0.2, -0.15) is 0 Å². The van der Waals surface area contributed by atoms with E-state index in [-0.39, 0.29) is 12.0 Å². The number of hydrogen-bond acceptors (Lipinski definition) is 4. The Morgan fingerprint density at radius 1 is 1.39 bits per heavy atom. The van der Waals surface area contributed by atoms with Crippen LogP contribution in [0.25, 0.3) is 11.0 Å². The van der Waals surface area contributed by atoms with Gasteiger partial charge in [-0.1, -0.05) is 0 Å². The van der Waals surface area contributed by atoms with E-state index in [1.165, 1.54) is 5.56 Å². The average Bonchev–Trinajstić information content (AvgIpc) is 2.91. The molecule has 1 aliphatic rings. The average molecular weight is 316 g/mol. The number of ether oxygens (including phenoxy) is 1. The number of hydrogen-bond donors (Lipinski definition) is 1. The third-order valence-electron chi connectivity index (χ3n) is 4.20. The standard InChI is InChI=1S/C17H24N4O2/c1-11-14-13(8-18-15(14)20-10-19-11)12-6-5-7-21(9-12)16(22)23-17(2,3)4/h8,10,12H,5-7,9H2,1-4H3,(H,18,19,20). The molecule has 1 N–H and O–H groups in total. The van der Waals surface area contributed by atoms with Crippen LogP contribution in [0.5, 0.6) is 0 Å². The first-order chi connectivity index (χ1) is 10.8. The van der Waals surface area contributed by atoms with E-state index < -0.39 is 5.60 Å². The summed E-state index contributed by atoms with van der Waals surface area (Å²) < 4.78 is 5.51. The molecule has 1 atom stereocenters. The van der Waals surface area contributed by atoms with Crippen LogP contribution in [0.1, 0.15) is 50.8 Å². The number of nitrogens with zero attached hydrogens (tertiary/aromatic N) is 3. The van der Waals surface area contributed by atoms with Crippen LogP contribution in [-0.4, -0.2) is 44.6 Å². The van der Waals surface area contributed by atoms with Crippen molar-refractivity contribution in [3.63, 3.8) is 0 Å². The monoisotopic (exact) mass is 316 g/mol. The quantitative estimate of drug-likeness (QED) is 0.875. The highest BCUT2D eigenvalue weighted by atomic mass is 16.6. The van der Waals surface area contributed by atoms with Crippen molar-refractivity contribution in [2.24, 2.45) is 0 Å². The minimum absolute atomic E-state index is 0.227. The summed E-state index contributed by atoms with van der Waals surface area (Å²) in [5.41, 5.74) is 2.57. The first-order valence-electron chi connectivity index (χ1n) is 8.11. The Morgan fingerprint density at radius 3 is 2.91 bits per heavy atom. The predicted molar refractivity (Wildman–Crippen MR) is 88.4 cm³/mol. The maximum Gasteiger partial charge on any atom is 0.410 e. The lowest BCUT2D eigenvalue weighted by Crippen LogP contribution is -2.42. The van der Waals surface area contributed by atoms with Crippen molar-refractivity contribution in [1.82, 2.24) is 19.9 Å². The molecule has 6 nitrogen and oxygen atoms in total. The summed E-state index contributed by atoms with van der Waals surface area (Å²) in [7, 11) is 0. The van der Waals surface area contributed by atoms with E-state index in [4.69, 9.17) is 4.74 Å². The summed E-state index contributed by atoms with van der Waals surface area (Å²) in [5, 5.41) is 1.09. The summed E-state index contributed by atoms with van der Waals surface area (Å²) >= 11 is 0. The number of carbonyl (C=O) groups excluding carboxylic acids is 1.